The molecule has 1 aliphatic heterocycles. The molecule has 4 N–H and O–H groups in total. The summed E-state index contributed by atoms with van der Waals surface area (Å²) >= 11 is 0. The number of unbranched alkanes of at least 4 members (excludes halogenated alkanes) is 36. The van der Waals surface area contributed by atoms with Crippen LogP contribution in [0.1, 0.15) is 271 Å². The number of carbonyl (C=O) groups is 2. The Morgan fingerprint density at radius 3 is 1.11 bits per heavy atom. The first-order chi connectivity index (χ1) is 32.0. The highest BCUT2D eigenvalue weighted by molar-refractivity contribution is 7.85. The van der Waals surface area contributed by atoms with E-state index in [4.69, 9.17) is 18.9 Å². The normalized spacial score (nSPS) is 19.3. The first-order valence-electron chi connectivity index (χ1n) is 27.6. The van der Waals surface area contributed by atoms with Crippen molar-refractivity contribution in [3.05, 3.63) is 0 Å². The fourth-order valence-corrected chi connectivity index (χ4v) is 9.61. The molecule has 13 heteroatoms. The van der Waals surface area contributed by atoms with E-state index < -0.39 is 71.2 Å². The lowest BCUT2D eigenvalue weighted by molar-refractivity contribution is -0.297. The van der Waals surface area contributed by atoms with Gasteiger partial charge in [0.25, 0.3) is 10.1 Å². The smallest absolute Gasteiger partial charge is 0.306 e. The summed E-state index contributed by atoms with van der Waals surface area (Å²) in [5.41, 5.74) is 0. The van der Waals surface area contributed by atoms with Crippen molar-refractivity contribution in [2.45, 2.75) is 307 Å². The van der Waals surface area contributed by atoms with Gasteiger partial charge in [0.15, 0.2) is 12.4 Å². The molecule has 0 amide bonds. The minimum Gasteiger partial charge on any atom is -0.462 e. The van der Waals surface area contributed by atoms with Gasteiger partial charge in [-0.05, 0) is 12.8 Å². The van der Waals surface area contributed by atoms with Gasteiger partial charge in [-0.15, -0.1) is 0 Å². The Kier molecular flexibility index (Phi) is 41.4. The highest BCUT2D eigenvalue weighted by Gasteiger charge is 2.46. The molecule has 0 radical (unpaired) electrons. The van der Waals surface area contributed by atoms with E-state index in [0.717, 1.165) is 38.5 Å². The summed E-state index contributed by atoms with van der Waals surface area (Å²) in [5, 5.41) is 31.0. The largest absolute Gasteiger partial charge is 0.462 e. The summed E-state index contributed by atoms with van der Waals surface area (Å²) in [6.07, 6.45) is 38.6. The standard InChI is InChI=1S/C53H102O12S/c1-3-5-7-9-11-13-15-17-19-21-22-23-24-25-26-28-29-31-33-35-37-39-41-48(54)62-43-46(44-63-53-52(58)51(57)50(56)47(65-53)45-66(59,60)61)64-49(55)42-40-38-36-34-32-30-27-20-18-16-14-12-10-8-6-4-2/h46-47,50-53,56-58H,3-45H2,1-2H3,(H,59,60,61)/t46-,47-,50-,51?,52?,53+/m1/s1. The number of rotatable bonds is 48. The molecule has 0 saturated carbocycles. The average Bonchev–Trinajstić information content (AvgIpc) is 3.28. The Labute approximate surface area is 403 Å². The highest BCUT2D eigenvalue weighted by atomic mass is 32.2. The van der Waals surface area contributed by atoms with Crippen molar-refractivity contribution in [3.8, 4) is 0 Å². The lowest BCUT2D eigenvalue weighted by Crippen LogP contribution is -2.60. The van der Waals surface area contributed by atoms with Gasteiger partial charge in [0.05, 0.1) is 6.61 Å². The maximum Gasteiger partial charge on any atom is 0.306 e. The van der Waals surface area contributed by atoms with Crippen molar-refractivity contribution < 1.29 is 56.8 Å². The maximum absolute atomic E-state index is 12.9. The Hall–Kier alpha value is -1.35. The molecule has 6 atom stereocenters. The predicted octanol–water partition coefficient (Wildman–Crippen LogP) is 12.8. The molecule has 66 heavy (non-hydrogen) atoms. The molecule has 392 valence electrons. The number of aliphatic hydroxyl groups excluding tert-OH is 3. The van der Waals surface area contributed by atoms with Gasteiger partial charge in [-0.2, -0.15) is 8.42 Å². The van der Waals surface area contributed by atoms with Crippen LogP contribution in [-0.4, -0.2) is 96.0 Å². The summed E-state index contributed by atoms with van der Waals surface area (Å²) in [6, 6.07) is 0. The van der Waals surface area contributed by atoms with Crippen molar-refractivity contribution in [1.82, 2.24) is 0 Å². The number of ether oxygens (including phenoxy) is 4. The third-order valence-electron chi connectivity index (χ3n) is 13.2. The molecule has 0 spiro atoms. The van der Waals surface area contributed by atoms with Crippen LogP contribution in [0.2, 0.25) is 0 Å². The lowest BCUT2D eigenvalue weighted by Gasteiger charge is -2.40. The van der Waals surface area contributed by atoms with Gasteiger partial charge in [-0.3, -0.25) is 14.1 Å². The van der Waals surface area contributed by atoms with Crippen molar-refractivity contribution in [1.29, 1.82) is 0 Å². The van der Waals surface area contributed by atoms with Crippen LogP contribution >= 0.6 is 0 Å². The number of carbonyl (C=O) groups excluding carboxylic acids is 2. The molecule has 1 fully saturated rings. The molecule has 1 saturated heterocycles. The van der Waals surface area contributed by atoms with E-state index in [0.29, 0.717) is 12.8 Å². The molecule has 0 bridgehead atoms. The Morgan fingerprint density at radius 2 is 0.773 bits per heavy atom. The van der Waals surface area contributed by atoms with E-state index in [1.165, 1.54) is 193 Å². The monoisotopic (exact) mass is 963 g/mol. The molecule has 0 aromatic carbocycles. The van der Waals surface area contributed by atoms with Crippen LogP contribution in [-0.2, 0) is 38.7 Å². The zero-order valence-electron chi connectivity index (χ0n) is 42.3. The third kappa shape index (κ3) is 37.5. The zero-order valence-corrected chi connectivity index (χ0v) is 43.1. The molecule has 0 aromatic heterocycles. The molecule has 1 aliphatic rings. The van der Waals surface area contributed by atoms with E-state index in [9.17, 15) is 37.9 Å². The SMILES string of the molecule is CCCCCCCCCCCCCCCCCCCCCCCCC(=O)OC[C@H](CO[C@H]1O[C@H](CS(=O)(=O)O)[C@@H](O)C(O)C1O)OC(=O)CCCCCCCCCCCCCCCCCC. The number of hydrogen-bond donors (Lipinski definition) is 4. The summed E-state index contributed by atoms with van der Waals surface area (Å²) in [4.78, 5) is 25.6. The van der Waals surface area contributed by atoms with Crippen LogP contribution in [0.3, 0.4) is 0 Å². The van der Waals surface area contributed by atoms with E-state index in [-0.39, 0.29) is 19.4 Å². The molecular formula is C53H102O12S. The Balaban J connectivity index is 2.30. The van der Waals surface area contributed by atoms with Gasteiger partial charge >= 0.3 is 11.9 Å². The summed E-state index contributed by atoms with van der Waals surface area (Å²) in [6.45, 7) is 3.82. The molecule has 1 heterocycles. The minimum atomic E-state index is -4.60. The zero-order chi connectivity index (χ0) is 48.4. The van der Waals surface area contributed by atoms with Gasteiger partial charge < -0.3 is 34.3 Å². The van der Waals surface area contributed by atoms with Crippen molar-refractivity contribution >= 4 is 22.1 Å². The van der Waals surface area contributed by atoms with E-state index >= 15 is 0 Å². The fraction of sp³-hybridized carbons (Fsp3) is 0.962. The summed E-state index contributed by atoms with van der Waals surface area (Å²) < 4.78 is 54.3. The second kappa shape index (κ2) is 43.7. The molecule has 12 nitrogen and oxygen atoms in total. The second-order valence-electron chi connectivity index (χ2n) is 19.6. The van der Waals surface area contributed by atoms with Crippen molar-refractivity contribution in [2.24, 2.45) is 0 Å². The number of aliphatic hydroxyl groups is 3. The van der Waals surface area contributed by atoms with Gasteiger partial charge in [-0.1, -0.05) is 245 Å². The van der Waals surface area contributed by atoms with Crippen molar-refractivity contribution in [2.75, 3.05) is 19.0 Å². The average molecular weight is 963 g/mol. The summed E-state index contributed by atoms with van der Waals surface area (Å²) in [7, 11) is -4.60. The van der Waals surface area contributed by atoms with Gasteiger partial charge in [0.2, 0.25) is 0 Å². The van der Waals surface area contributed by atoms with Crippen LogP contribution in [0.25, 0.3) is 0 Å². The van der Waals surface area contributed by atoms with Crippen LogP contribution < -0.4 is 0 Å². The van der Waals surface area contributed by atoms with Gasteiger partial charge in [0, 0.05) is 12.8 Å². The topological polar surface area (TPSA) is 186 Å². The summed E-state index contributed by atoms with van der Waals surface area (Å²) in [5.74, 6) is -1.95. The molecule has 1 rings (SSSR count). The van der Waals surface area contributed by atoms with Crippen LogP contribution in [0.5, 0.6) is 0 Å². The highest BCUT2D eigenvalue weighted by Crippen LogP contribution is 2.24. The fourth-order valence-electron chi connectivity index (χ4n) is 8.92. The van der Waals surface area contributed by atoms with E-state index in [1.807, 2.05) is 0 Å². The third-order valence-corrected chi connectivity index (χ3v) is 13.9. The number of hydrogen-bond acceptors (Lipinski definition) is 11. The first-order valence-corrected chi connectivity index (χ1v) is 29.2. The van der Waals surface area contributed by atoms with Crippen LogP contribution in [0, 0.1) is 0 Å². The Bertz CT molecular complexity index is 1220. The van der Waals surface area contributed by atoms with E-state index in [1.54, 1.807) is 0 Å². The second-order valence-corrected chi connectivity index (χ2v) is 21.1. The first kappa shape index (κ1) is 62.7. The minimum absolute atomic E-state index is 0.173. The molecule has 0 aromatic rings. The van der Waals surface area contributed by atoms with Crippen LogP contribution in [0.4, 0.5) is 0 Å². The molecule has 0 aliphatic carbocycles. The Morgan fingerprint density at radius 1 is 0.455 bits per heavy atom. The van der Waals surface area contributed by atoms with Crippen molar-refractivity contribution in [3.63, 3.8) is 0 Å². The molecular weight excluding hydrogens is 861 g/mol. The number of esters is 2. The molecule has 2 unspecified atom stereocenters. The van der Waals surface area contributed by atoms with Crippen LogP contribution in [0.15, 0.2) is 0 Å². The van der Waals surface area contributed by atoms with Gasteiger partial charge in [-0.25, -0.2) is 0 Å². The predicted molar refractivity (Wildman–Crippen MR) is 266 cm³/mol. The lowest BCUT2D eigenvalue weighted by atomic mass is 10.00. The quantitative estimate of drug-likeness (QED) is 0.0257. The van der Waals surface area contributed by atoms with E-state index in [2.05, 4.69) is 13.8 Å². The maximum atomic E-state index is 12.9. The van der Waals surface area contributed by atoms with Gasteiger partial charge in [0.1, 0.15) is 36.8 Å².